The Bertz CT molecular complexity index is 746. The molecule has 2 rings (SSSR count). The Kier molecular flexibility index (Phi) is 6.17. The highest BCUT2D eigenvalue weighted by Gasteiger charge is 2.32. The van der Waals surface area contributed by atoms with Gasteiger partial charge in [0, 0.05) is 17.3 Å². The van der Waals surface area contributed by atoms with E-state index in [1.807, 2.05) is 0 Å². The summed E-state index contributed by atoms with van der Waals surface area (Å²) in [6.45, 7) is -0.831. The first-order valence-corrected chi connectivity index (χ1v) is 7.62. The topological polar surface area (TPSA) is 148 Å². The number of aliphatic hydroxyl groups excluding tert-OH is 5. The molecule has 1 aromatic carbocycles. The lowest BCUT2D eigenvalue weighted by Crippen LogP contribution is -2.46. The van der Waals surface area contributed by atoms with E-state index in [1.54, 1.807) is 12.1 Å². The number of halogens is 1. The number of Topliss-reactive ketones (excluding diaryl/α,β-unsaturated/α-hetero) is 2. The number of benzene rings is 1. The highest BCUT2D eigenvalue weighted by molar-refractivity contribution is 6.50. The van der Waals surface area contributed by atoms with Crippen LogP contribution < -0.4 is 0 Å². The fourth-order valence-corrected chi connectivity index (χ4v) is 2.46. The molecule has 0 aliphatic heterocycles. The molecule has 0 fully saturated rings. The van der Waals surface area contributed by atoms with E-state index in [9.17, 15) is 30.0 Å². The minimum atomic E-state index is -1.88. The highest BCUT2D eigenvalue weighted by atomic mass is 35.5. The van der Waals surface area contributed by atoms with Gasteiger partial charge in [0.05, 0.1) is 6.61 Å². The van der Waals surface area contributed by atoms with Gasteiger partial charge in [-0.05, 0) is 0 Å². The predicted octanol–water partition coefficient (Wildman–Crippen LogP) is -0.977. The minimum Gasteiger partial charge on any atom is -0.394 e. The third-order valence-electron chi connectivity index (χ3n) is 3.68. The van der Waals surface area contributed by atoms with Gasteiger partial charge in [-0.25, -0.2) is 0 Å². The van der Waals surface area contributed by atoms with E-state index in [4.69, 9.17) is 16.7 Å². The molecule has 5 N–H and O–H groups in total. The number of hydrogen-bond acceptors (Lipinski definition) is 8. The molecular weight excluding hydrogens is 354 g/mol. The SMILES string of the molecule is O=C1C(Cl)=C(N=CC(O)C(O)C(O)C(O)CO)C(=O)c2ccccc21. The van der Waals surface area contributed by atoms with E-state index in [0.717, 1.165) is 6.21 Å². The average Bonchev–Trinajstić information content (AvgIpc) is 2.64. The smallest absolute Gasteiger partial charge is 0.213 e. The van der Waals surface area contributed by atoms with Gasteiger partial charge < -0.3 is 25.5 Å². The van der Waals surface area contributed by atoms with Crippen LogP contribution in [-0.4, -0.2) is 74.3 Å². The zero-order chi connectivity index (χ0) is 18.7. The largest absolute Gasteiger partial charge is 0.394 e. The number of rotatable bonds is 6. The third-order valence-corrected chi connectivity index (χ3v) is 4.03. The number of aliphatic imine (C=N–C) groups is 1. The number of fused-ring (bicyclic) bond motifs is 1. The van der Waals surface area contributed by atoms with E-state index in [0.29, 0.717) is 0 Å². The Balaban J connectivity index is 2.24. The van der Waals surface area contributed by atoms with Crippen LogP contribution in [0.3, 0.4) is 0 Å². The van der Waals surface area contributed by atoms with Gasteiger partial charge >= 0.3 is 0 Å². The van der Waals surface area contributed by atoms with Crippen LogP contribution in [0.4, 0.5) is 0 Å². The Morgan fingerprint density at radius 3 is 2.12 bits per heavy atom. The first-order valence-electron chi connectivity index (χ1n) is 7.25. The summed E-state index contributed by atoms with van der Waals surface area (Å²) in [5.74, 6) is -1.23. The summed E-state index contributed by atoms with van der Waals surface area (Å²) >= 11 is 5.88. The molecule has 8 nitrogen and oxygen atoms in total. The first-order chi connectivity index (χ1) is 11.8. The third kappa shape index (κ3) is 3.84. The van der Waals surface area contributed by atoms with Gasteiger partial charge in [0.15, 0.2) is 0 Å². The lowest BCUT2D eigenvalue weighted by atomic mass is 9.92. The number of allylic oxidation sites excluding steroid dienone is 2. The Labute approximate surface area is 147 Å². The van der Waals surface area contributed by atoms with Gasteiger partial charge in [-0.3, -0.25) is 14.6 Å². The van der Waals surface area contributed by atoms with Crippen molar-refractivity contribution in [2.45, 2.75) is 24.4 Å². The molecule has 0 saturated carbocycles. The van der Waals surface area contributed by atoms with Crippen LogP contribution in [0.15, 0.2) is 40.0 Å². The molecule has 1 aromatic rings. The van der Waals surface area contributed by atoms with Crippen LogP contribution >= 0.6 is 11.6 Å². The fraction of sp³-hybridized carbons (Fsp3) is 0.312. The molecule has 134 valence electrons. The maximum atomic E-state index is 12.4. The van der Waals surface area contributed by atoms with Gasteiger partial charge in [0.25, 0.3) is 0 Å². The fourth-order valence-electron chi connectivity index (χ4n) is 2.22. The van der Waals surface area contributed by atoms with Crippen LogP contribution in [0.2, 0.25) is 0 Å². The summed E-state index contributed by atoms with van der Waals surface area (Å²) in [6.07, 6.45) is -6.47. The van der Waals surface area contributed by atoms with Gasteiger partial charge in [-0.15, -0.1) is 0 Å². The van der Waals surface area contributed by atoms with Crippen LogP contribution in [0.25, 0.3) is 0 Å². The second-order valence-corrected chi connectivity index (χ2v) is 5.74. The molecule has 0 heterocycles. The molecule has 0 aromatic heterocycles. The molecule has 25 heavy (non-hydrogen) atoms. The molecule has 0 spiro atoms. The summed E-state index contributed by atoms with van der Waals surface area (Å²) in [4.78, 5) is 28.2. The van der Waals surface area contributed by atoms with E-state index < -0.39 is 53.3 Å². The van der Waals surface area contributed by atoms with Crippen molar-refractivity contribution in [3.05, 3.63) is 46.1 Å². The second-order valence-electron chi connectivity index (χ2n) is 5.37. The van der Waals surface area contributed by atoms with Crippen molar-refractivity contribution in [2.75, 3.05) is 6.61 Å². The lowest BCUT2D eigenvalue weighted by molar-refractivity contribution is -0.0999. The molecule has 0 bridgehead atoms. The Hall–Kier alpha value is -1.94. The van der Waals surface area contributed by atoms with Crippen LogP contribution in [0, 0.1) is 0 Å². The summed E-state index contributed by atoms with van der Waals surface area (Å²) in [5.41, 5.74) is -0.165. The van der Waals surface area contributed by atoms with Crippen molar-refractivity contribution >= 4 is 29.4 Å². The van der Waals surface area contributed by atoms with Crippen molar-refractivity contribution in [3.8, 4) is 0 Å². The van der Waals surface area contributed by atoms with Gasteiger partial charge in [0.2, 0.25) is 11.6 Å². The molecule has 1 aliphatic carbocycles. The zero-order valence-corrected chi connectivity index (χ0v) is 13.5. The van der Waals surface area contributed by atoms with Gasteiger partial charge in [-0.1, -0.05) is 35.9 Å². The van der Waals surface area contributed by atoms with Gasteiger partial charge in [0.1, 0.15) is 35.1 Å². The molecule has 9 heteroatoms. The van der Waals surface area contributed by atoms with Crippen molar-refractivity contribution in [1.82, 2.24) is 0 Å². The molecule has 0 saturated heterocycles. The zero-order valence-electron chi connectivity index (χ0n) is 12.8. The number of carbonyl (C=O) groups is 2. The van der Waals surface area contributed by atoms with Gasteiger partial charge in [-0.2, -0.15) is 0 Å². The monoisotopic (exact) mass is 369 g/mol. The van der Waals surface area contributed by atoms with E-state index in [-0.39, 0.29) is 11.1 Å². The standard InChI is InChI=1S/C16H16ClNO7/c17-11-12(14(23)8-4-2-1-3-7(8)13(11)22)18-5-9(20)15(24)16(25)10(21)6-19/h1-5,9-10,15-16,19-21,24-25H,6H2. The van der Waals surface area contributed by atoms with E-state index >= 15 is 0 Å². The van der Waals surface area contributed by atoms with Crippen molar-refractivity contribution in [2.24, 2.45) is 4.99 Å². The number of carbonyl (C=O) groups excluding carboxylic acids is 2. The van der Waals surface area contributed by atoms with Crippen molar-refractivity contribution in [3.63, 3.8) is 0 Å². The maximum absolute atomic E-state index is 12.4. The predicted molar refractivity (Wildman–Crippen MR) is 87.6 cm³/mol. The second kappa shape index (κ2) is 7.96. The molecule has 4 unspecified atom stereocenters. The van der Waals surface area contributed by atoms with Crippen LogP contribution in [0.1, 0.15) is 20.7 Å². The number of nitrogens with zero attached hydrogens (tertiary/aromatic N) is 1. The normalized spacial score (nSPS) is 19.8. The molecular formula is C16H16ClNO7. The quantitative estimate of drug-likeness (QED) is 0.405. The number of aliphatic hydroxyl groups is 5. The summed E-state index contributed by atoms with van der Waals surface area (Å²) in [5, 5.41) is 46.5. The van der Waals surface area contributed by atoms with E-state index in [1.165, 1.54) is 12.1 Å². The molecule has 4 atom stereocenters. The Morgan fingerprint density at radius 1 is 1.00 bits per heavy atom. The van der Waals surface area contributed by atoms with Crippen LogP contribution in [-0.2, 0) is 0 Å². The maximum Gasteiger partial charge on any atom is 0.213 e. The summed E-state index contributed by atoms with van der Waals surface area (Å²) < 4.78 is 0. The first kappa shape index (κ1) is 19.4. The van der Waals surface area contributed by atoms with Crippen LogP contribution in [0.5, 0.6) is 0 Å². The van der Waals surface area contributed by atoms with Crippen molar-refractivity contribution < 1.29 is 35.1 Å². The van der Waals surface area contributed by atoms with Crippen molar-refractivity contribution in [1.29, 1.82) is 0 Å². The minimum absolute atomic E-state index is 0.106. The lowest BCUT2D eigenvalue weighted by Gasteiger charge is -2.23. The molecule has 0 radical (unpaired) electrons. The summed E-state index contributed by atoms with van der Waals surface area (Å²) in [6, 6.07) is 6.02. The van der Waals surface area contributed by atoms with E-state index in [2.05, 4.69) is 4.99 Å². The number of hydrogen-bond donors (Lipinski definition) is 5. The highest BCUT2D eigenvalue weighted by Crippen LogP contribution is 2.29. The number of ketones is 2. The summed E-state index contributed by atoms with van der Waals surface area (Å²) in [7, 11) is 0. The average molecular weight is 370 g/mol. The molecule has 1 aliphatic rings. The Morgan fingerprint density at radius 2 is 1.56 bits per heavy atom. The molecule has 0 amide bonds.